The standard InChI is InChI=1S/C21H22FN3O4/c1-10-16-6-11(8-24(16)5-4-23-10)17-15(22)7-13-18(20(17)27)25(12-2-3-12)9-14(19(13)26)21(28)29/h6-8,10,12,14,23,27H,2-5,9H2,1H3,(H,28,29)/t10-,14?/m1/s1. The fourth-order valence-corrected chi connectivity index (χ4v) is 4.58. The van der Waals surface area contributed by atoms with Gasteiger partial charge in [-0.1, -0.05) is 0 Å². The number of nitrogens with zero attached hydrogens (tertiary/aromatic N) is 2. The molecular weight excluding hydrogens is 377 g/mol. The van der Waals surface area contributed by atoms with Gasteiger partial charge in [0.2, 0.25) is 0 Å². The van der Waals surface area contributed by atoms with Crippen molar-refractivity contribution in [3.8, 4) is 16.9 Å². The van der Waals surface area contributed by atoms with Crippen molar-refractivity contribution in [1.82, 2.24) is 9.88 Å². The molecule has 29 heavy (non-hydrogen) atoms. The Hall–Kier alpha value is -2.87. The minimum absolute atomic E-state index is 0.00230. The molecule has 0 amide bonds. The van der Waals surface area contributed by atoms with Gasteiger partial charge in [-0.15, -0.1) is 0 Å². The van der Waals surface area contributed by atoms with Gasteiger partial charge in [-0.05, 0) is 31.9 Å². The van der Waals surface area contributed by atoms with E-state index in [1.54, 1.807) is 4.90 Å². The average molecular weight is 399 g/mol. The van der Waals surface area contributed by atoms with Gasteiger partial charge >= 0.3 is 5.97 Å². The van der Waals surface area contributed by atoms with E-state index in [1.165, 1.54) is 0 Å². The van der Waals surface area contributed by atoms with Crippen LogP contribution in [0.2, 0.25) is 0 Å². The number of aromatic hydroxyl groups is 1. The van der Waals surface area contributed by atoms with E-state index in [1.807, 2.05) is 23.8 Å². The summed E-state index contributed by atoms with van der Waals surface area (Å²) >= 11 is 0. The number of hydrogen-bond acceptors (Lipinski definition) is 5. The fraction of sp³-hybridized carbons (Fsp3) is 0.429. The van der Waals surface area contributed by atoms with Gasteiger partial charge in [0.15, 0.2) is 5.78 Å². The summed E-state index contributed by atoms with van der Waals surface area (Å²) in [7, 11) is 0. The van der Waals surface area contributed by atoms with Crippen molar-refractivity contribution in [2.45, 2.75) is 38.4 Å². The highest BCUT2D eigenvalue weighted by Gasteiger charge is 2.44. The van der Waals surface area contributed by atoms with E-state index >= 15 is 4.39 Å². The van der Waals surface area contributed by atoms with E-state index in [0.717, 1.165) is 37.7 Å². The topological polar surface area (TPSA) is 94.8 Å². The Morgan fingerprint density at radius 1 is 1.31 bits per heavy atom. The SMILES string of the molecule is C[C@H]1NCCn2cc(-c3c(F)cc4c(c3O)N(C3CC3)CC(C(=O)O)C4=O)cc21. The van der Waals surface area contributed by atoms with Crippen LogP contribution in [-0.4, -0.2) is 45.7 Å². The van der Waals surface area contributed by atoms with Crippen molar-refractivity contribution in [2.75, 3.05) is 18.0 Å². The average Bonchev–Trinajstić information content (AvgIpc) is 3.42. The van der Waals surface area contributed by atoms with E-state index in [0.29, 0.717) is 5.56 Å². The Morgan fingerprint density at radius 3 is 2.72 bits per heavy atom. The molecule has 5 rings (SSSR count). The van der Waals surface area contributed by atoms with E-state index in [-0.39, 0.29) is 41.2 Å². The second-order valence-electron chi connectivity index (χ2n) is 8.14. The van der Waals surface area contributed by atoms with Gasteiger partial charge in [0, 0.05) is 54.7 Å². The maximum absolute atomic E-state index is 15.1. The molecule has 0 saturated heterocycles. The first-order valence-electron chi connectivity index (χ1n) is 9.89. The number of nitrogens with one attached hydrogen (secondary N) is 1. The molecule has 2 aliphatic heterocycles. The highest BCUT2D eigenvalue weighted by Crippen LogP contribution is 2.48. The monoisotopic (exact) mass is 399 g/mol. The van der Waals surface area contributed by atoms with Crippen molar-refractivity contribution in [2.24, 2.45) is 5.92 Å². The Morgan fingerprint density at radius 2 is 2.07 bits per heavy atom. The van der Waals surface area contributed by atoms with Crippen molar-refractivity contribution < 1.29 is 24.2 Å². The zero-order valence-electron chi connectivity index (χ0n) is 16.0. The molecule has 2 aromatic rings. The molecule has 1 aliphatic carbocycles. The second kappa shape index (κ2) is 6.32. The van der Waals surface area contributed by atoms with E-state index in [9.17, 15) is 19.8 Å². The summed E-state index contributed by atoms with van der Waals surface area (Å²) in [5.41, 5.74) is 1.83. The Bertz CT molecular complexity index is 1040. The summed E-state index contributed by atoms with van der Waals surface area (Å²) < 4.78 is 17.2. The van der Waals surface area contributed by atoms with Crippen LogP contribution < -0.4 is 10.2 Å². The molecule has 0 radical (unpaired) electrons. The van der Waals surface area contributed by atoms with Gasteiger partial charge in [-0.3, -0.25) is 9.59 Å². The lowest BCUT2D eigenvalue weighted by molar-refractivity contribution is -0.139. The van der Waals surface area contributed by atoms with Gasteiger partial charge < -0.3 is 25.0 Å². The van der Waals surface area contributed by atoms with Crippen molar-refractivity contribution >= 4 is 17.4 Å². The Kier molecular flexibility index (Phi) is 3.96. The zero-order valence-corrected chi connectivity index (χ0v) is 16.0. The van der Waals surface area contributed by atoms with E-state index in [4.69, 9.17) is 0 Å². The number of carboxylic acid groups (broad SMARTS) is 1. The number of ketones is 1. The molecule has 0 spiro atoms. The normalized spacial score (nSPS) is 23.7. The van der Waals surface area contributed by atoms with Crippen LogP contribution >= 0.6 is 0 Å². The van der Waals surface area contributed by atoms with Crippen molar-refractivity contribution in [3.63, 3.8) is 0 Å². The third-order valence-corrected chi connectivity index (χ3v) is 6.23. The van der Waals surface area contributed by atoms with E-state index < -0.39 is 23.5 Å². The summed E-state index contributed by atoms with van der Waals surface area (Å²) in [6.07, 6.45) is 3.54. The molecule has 1 saturated carbocycles. The molecule has 1 aromatic heterocycles. The number of halogens is 1. The first kappa shape index (κ1) is 18.2. The molecule has 1 unspecified atom stereocenters. The number of rotatable bonds is 3. The summed E-state index contributed by atoms with van der Waals surface area (Å²) in [5.74, 6) is -4.13. The quantitative estimate of drug-likeness (QED) is 0.687. The van der Waals surface area contributed by atoms with E-state index in [2.05, 4.69) is 5.32 Å². The molecule has 1 aromatic carbocycles. The Balaban J connectivity index is 1.68. The number of Topliss-reactive ketones (excluding diaryl/α,β-unsaturated/α-hetero) is 1. The summed E-state index contributed by atoms with van der Waals surface area (Å²) in [6.45, 7) is 3.58. The lowest BCUT2D eigenvalue weighted by Gasteiger charge is -2.35. The largest absolute Gasteiger partial charge is 0.505 e. The van der Waals surface area contributed by atoms with Crippen LogP contribution in [0.15, 0.2) is 18.3 Å². The number of carbonyl (C=O) groups excluding carboxylic acids is 1. The third kappa shape index (κ3) is 2.73. The molecule has 3 heterocycles. The highest BCUT2D eigenvalue weighted by molar-refractivity contribution is 6.14. The molecule has 3 N–H and O–H groups in total. The number of aliphatic carboxylic acids is 1. The number of anilines is 1. The van der Waals surface area contributed by atoms with Gasteiger partial charge in [0.05, 0.1) is 11.3 Å². The maximum atomic E-state index is 15.1. The van der Waals surface area contributed by atoms with Gasteiger partial charge in [0.1, 0.15) is 17.5 Å². The van der Waals surface area contributed by atoms with Crippen molar-refractivity contribution in [3.05, 3.63) is 35.4 Å². The number of phenols is 1. The molecule has 7 nitrogen and oxygen atoms in total. The highest BCUT2D eigenvalue weighted by atomic mass is 19.1. The van der Waals surface area contributed by atoms with Crippen LogP contribution in [0.25, 0.3) is 11.1 Å². The predicted octanol–water partition coefficient (Wildman–Crippen LogP) is 2.53. The lowest BCUT2D eigenvalue weighted by atomic mass is 9.88. The molecule has 3 aliphatic rings. The fourth-order valence-electron chi connectivity index (χ4n) is 4.58. The number of carboxylic acids is 1. The predicted molar refractivity (Wildman–Crippen MR) is 104 cm³/mol. The molecule has 2 atom stereocenters. The number of hydrogen-bond donors (Lipinski definition) is 3. The molecule has 8 heteroatoms. The van der Waals surface area contributed by atoms with Gasteiger partial charge in [0.25, 0.3) is 0 Å². The number of phenolic OH excluding ortho intramolecular Hbond substituents is 1. The molecular formula is C21H22FN3O4. The smallest absolute Gasteiger partial charge is 0.316 e. The summed E-state index contributed by atoms with van der Waals surface area (Å²) in [5, 5.41) is 23.9. The summed E-state index contributed by atoms with van der Waals surface area (Å²) in [6, 6.07) is 3.13. The maximum Gasteiger partial charge on any atom is 0.316 e. The van der Waals surface area contributed by atoms with Crippen LogP contribution in [-0.2, 0) is 11.3 Å². The molecule has 152 valence electrons. The minimum Gasteiger partial charge on any atom is -0.505 e. The second-order valence-corrected chi connectivity index (χ2v) is 8.14. The number of carbonyl (C=O) groups is 2. The minimum atomic E-state index is -1.25. The first-order chi connectivity index (χ1) is 13.9. The first-order valence-corrected chi connectivity index (χ1v) is 9.89. The van der Waals surface area contributed by atoms with Crippen LogP contribution in [0.1, 0.15) is 41.9 Å². The number of aromatic nitrogens is 1. The zero-order chi connectivity index (χ0) is 20.4. The van der Waals surface area contributed by atoms with Gasteiger partial charge in [-0.2, -0.15) is 0 Å². The molecule has 1 fully saturated rings. The van der Waals surface area contributed by atoms with Crippen molar-refractivity contribution in [1.29, 1.82) is 0 Å². The lowest BCUT2D eigenvalue weighted by Crippen LogP contribution is -2.44. The van der Waals surface area contributed by atoms with Crippen LogP contribution in [0.5, 0.6) is 5.75 Å². The summed E-state index contributed by atoms with van der Waals surface area (Å²) in [4.78, 5) is 26.0. The van der Waals surface area contributed by atoms with Gasteiger partial charge in [-0.25, -0.2) is 4.39 Å². The number of fused-ring (bicyclic) bond motifs is 2. The number of benzene rings is 1. The Labute approximate surface area is 166 Å². The third-order valence-electron chi connectivity index (χ3n) is 6.23. The molecule has 0 bridgehead atoms. The van der Waals surface area contributed by atoms with Crippen LogP contribution in [0.3, 0.4) is 0 Å². The van der Waals surface area contributed by atoms with Crippen LogP contribution in [0.4, 0.5) is 10.1 Å². The van der Waals surface area contributed by atoms with Crippen LogP contribution in [0, 0.1) is 11.7 Å².